The molecule has 1 heterocycles. The topological polar surface area (TPSA) is 47.0 Å². The number of ether oxygens (including phenoxy) is 1. The molecule has 0 aliphatic heterocycles. The van der Waals surface area contributed by atoms with Crippen LogP contribution in [0.15, 0.2) is 24.4 Å². The van der Waals surface area contributed by atoms with Gasteiger partial charge in [0.15, 0.2) is 0 Å². The van der Waals surface area contributed by atoms with Crippen molar-refractivity contribution >= 4 is 5.95 Å². The fraction of sp³-hybridized carbons (Fsp3) is 0.333. The number of aryl methyl sites for hydroxylation is 1. The van der Waals surface area contributed by atoms with Crippen molar-refractivity contribution in [3.8, 4) is 11.6 Å². The van der Waals surface area contributed by atoms with Gasteiger partial charge in [0.05, 0.1) is 6.20 Å². The maximum atomic E-state index is 13.7. The summed E-state index contributed by atoms with van der Waals surface area (Å²) in [7, 11) is 1.67. The number of nitrogens with one attached hydrogen (secondary N) is 1. The minimum Gasteiger partial charge on any atom is -0.436 e. The van der Waals surface area contributed by atoms with Crippen molar-refractivity contribution in [2.24, 2.45) is 0 Å². The Morgan fingerprint density at radius 2 is 2.05 bits per heavy atom. The van der Waals surface area contributed by atoms with E-state index in [0.29, 0.717) is 11.7 Å². The molecule has 0 saturated heterocycles. The van der Waals surface area contributed by atoms with Crippen LogP contribution in [0, 0.1) is 12.7 Å². The summed E-state index contributed by atoms with van der Waals surface area (Å²) in [5, 5.41) is 2.76. The van der Waals surface area contributed by atoms with Crippen LogP contribution in [0.4, 0.5) is 10.3 Å². The minimum atomic E-state index is -0.583. The van der Waals surface area contributed by atoms with Gasteiger partial charge in [0.1, 0.15) is 5.75 Å². The third kappa shape index (κ3) is 3.04. The lowest BCUT2D eigenvalue weighted by Crippen LogP contribution is -2.02. The van der Waals surface area contributed by atoms with Crippen molar-refractivity contribution in [2.45, 2.75) is 26.7 Å². The maximum Gasteiger partial charge on any atom is 0.260 e. The van der Waals surface area contributed by atoms with Gasteiger partial charge in [0, 0.05) is 7.05 Å². The Balaban J connectivity index is 2.41. The van der Waals surface area contributed by atoms with E-state index in [4.69, 9.17) is 4.74 Å². The van der Waals surface area contributed by atoms with E-state index in [2.05, 4.69) is 29.1 Å². The second kappa shape index (κ2) is 5.86. The maximum absolute atomic E-state index is 13.7. The Labute approximate surface area is 118 Å². The molecule has 1 aromatic heterocycles. The predicted molar refractivity (Wildman–Crippen MR) is 76.9 cm³/mol. The lowest BCUT2D eigenvalue weighted by atomic mass is 10.0. The Morgan fingerprint density at radius 1 is 1.30 bits per heavy atom. The van der Waals surface area contributed by atoms with E-state index < -0.39 is 5.82 Å². The summed E-state index contributed by atoms with van der Waals surface area (Å²) in [6.45, 7) is 6.09. The monoisotopic (exact) mass is 275 g/mol. The fourth-order valence-corrected chi connectivity index (χ4v) is 1.85. The molecule has 0 atom stereocenters. The van der Waals surface area contributed by atoms with Crippen LogP contribution in [0.3, 0.4) is 0 Å². The minimum absolute atomic E-state index is 0.0724. The Bertz CT molecular complexity index is 614. The van der Waals surface area contributed by atoms with Crippen molar-refractivity contribution in [3.05, 3.63) is 41.3 Å². The van der Waals surface area contributed by atoms with Crippen LogP contribution < -0.4 is 10.1 Å². The molecule has 0 fully saturated rings. The van der Waals surface area contributed by atoms with Crippen molar-refractivity contribution in [3.63, 3.8) is 0 Å². The average Bonchev–Trinajstić information content (AvgIpc) is 2.41. The lowest BCUT2D eigenvalue weighted by molar-refractivity contribution is 0.414. The Hall–Kier alpha value is -2.17. The quantitative estimate of drug-likeness (QED) is 0.919. The highest BCUT2D eigenvalue weighted by molar-refractivity contribution is 5.41. The van der Waals surface area contributed by atoms with E-state index in [1.165, 1.54) is 0 Å². The Morgan fingerprint density at radius 3 is 2.70 bits per heavy atom. The van der Waals surface area contributed by atoms with Crippen molar-refractivity contribution in [1.82, 2.24) is 9.97 Å². The molecule has 0 unspecified atom stereocenters. The SMILES string of the molecule is CNc1ncc(F)c(Oc2cc(C)ccc2C(C)C)n1. The van der Waals surface area contributed by atoms with Gasteiger partial charge in [-0.1, -0.05) is 26.0 Å². The number of hydrogen-bond acceptors (Lipinski definition) is 4. The molecule has 0 bridgehead atoms. The summed E-state index contributed by atoms with van der Waals surface area (Å²) in [6, 6.07) is 5.89. The number of halogens is 1. The van der Waals surface area contributed by atoms with Crippen LogP contribution in [0.25, 0.3) is 0 Å². The van der Waals surface area contributed by atoms with E-state index >= 15 is 0 Å². The third-order valence-corrected chi connectivity index (χ3v) is 2.93. The summed E-state index contributed by atoms with van der Waals surface area (Å²) in [5.41, 5.74) is 2.06. The molecule has 0 aliphatic carbocycles. The van der Waals surface area contributed by atoms with Crippen LogP contribution in [-0.2, 0) is 0 Å². The summed E-state index contributed by atoms with van der Waals surface area (Å²) in [6.07, 6.45) is 1.10. The van der Waals surface area contributed by atoms with Gasteiger partial charge < -0.3 is 10.1 Å². The van der Waals surface area contributed by atoms with Crippen LogP contribution in [0.1, 0.15) is 30.9 Å². The normalized spacial score (nSPS) is 10.7. The molecule has 4 nitrogen and oxygen atoms in total. The number of hydrogen-bond donors (Lipinski definition) is 1. The molecule has 1 aromatic carbocycles. The molecule has 0 spiro atoms. The van der Waals surface area contributed by atoms with Gasteiger partial charge in [-0.25, -0.2) is 4.98 Å². The molecular weight excluding hydrogens is 257 g/mol. The zero-order valence-electron chi connectivity index (χ0n) is 12.1. The average molecular weight is 275 g/mol. The van der Waals surface area contributed by atoms with Gasteiger partial charge in [-0.2, -0.15) is 9.37 Å². The van der Waals surface area contributed by atoms with Crippen LogP contribution in [0.2, 0.25) is 0 Å². The van der Waals surface area contributed by atoms with E-state index in [9.17, 15) is 4.39 Å². The van der Waals surface area contributed by atoms with Crippen LogP contribution in [0.5, 0.6) is 11.6 Å². The van der Waals surface area contributed by atoms with Crippen molar-refractivity contribution < 1.29 is 9.13 Å². The summed E-state index contributed by atoms with van der Waals surface area (Å²) in [5.74, 6) is 0.566. The van der Waals surface area contributed by atoms with Crippen molar-refractivity contribution in [2.75, 3.05) is 12.4 Å². The van der Waals surface area contributed by atoms with Crippen molar-refractivity contribution in [1.29, 1.82) is 0 Å². The smallest absolute Gasteiger partial charge is 0.260 e. The summed E-state index contributed by atoms with van der Waals surface area (Å²) in [4.78, 5) is 7.79. The van der Waals surface area contributed by atoms with Gasteiger partial charge in [0.25, 0.3) is 5.88 Å². The second-order valence-electron chi connectivity index (χ2n) is 4.89. The number of rotatable bonds is 4. The molecular formula is C15H18FN3O. The van der Waals surface area contributed by atoms with Crippen LogP contribution in [-0.4, -0.2) is 17.0 Å². The molecule has 20 heavy (non-hydrogen) atoms. The highest BCUT2D eigenvalue weighted by Crippen LogP contribution is 2.31. The van der Waals surface area contributed by atoms with E-state index in [0.717, 1.165) is 17.3 Å². The first-order chi connectivity index (χ1) is 9.51. The fourth-order valence-electron chi connectivity index (χ4n) is 1.85. The highest BCUT2D eigenvalue weighted by atomic mass is 19.1. The third-order valence-electron chi connectivity index (χ3n) is 2.93. The van der Waals surface area contributed by atoms with Gasteiger partial charge >= 0.3 is 0 Å². The number of anilines is 1. The van der Waals surface area contributed by atoms with E-state index in [1.807, 2.05) is 25.1 Å². The van der Waals surface area contributed by atoms with Gasteiger partial charge in [0.2, 0.25) is 11.8 Å². The standard InChI is InChI=1S/C15H18FN3O/c1-9(2)11-6-5-10(3)7-13(11)20-14-12(16)8-18-15(17-4)19-14/h5-9H,1-4H3,(H,17,18,19). The van der Waals surface area contributed by atoms with Gasteiger partial charge in [-0.15, -0.1) is 0 Å². The first-order valence-electron chi connectivity index (χ1n) is 6.50. The molecule has 0 amide bonds. The summed E-state index contributed by atoms with van der Waals surface area (Å²) >= 11 is 0. The molecule has 0 aliphatic rings. The number of benzene rings is 1. The molecule has 5 heteroatoms. The second-order valence-corrected chi connectivity index (χ2v) is 4.89. The Kier molecular flexibility index (Phi) is 4.17. The molecule has 0 radical (unpaired) electrons. The lowest BCUT2D eigenvalue weighted by Gasteiger charge is -2.14. The zero-order chi connectivity index (χ0) is 14.7. The van der Waals surface area contributed by atoms with Crippen LogP contribution >= 0.6 is 0 Å². The summed E-state index contributed by atoms with van der Waals surface area (Å²) < 4.78 is 19.4. The molecule has 2 aromatic rings. The number of aromatic nitrogens is 2. The van der Waals surface area contributed by atoms with E-state index in [-0.39, 0.29) is 11.8 Å². The predicted octanol–water partition coefficient (Wildman–Crippen LogP) is 3.88. The molecule has 1 N–H and O–H groups in total. The van der Waals surface area contributed by atoms with Gasteiger partial charge in [-0.3, -0.25) is 0 Å². The molecule has 0 saturated carbocycles. The first kappa shape index (κ1) is 14.2. The van der Waals surface area contributed by atoms with Gasteiger partial charge in [-0.05, 0) is 30.0 Å². The van der Waals surface area contributed by atoms with E-state index in [1.54, 1.807) is 7.05 Å². The zero-order valence-corrected chi connectivity index (χ0v) is 12.1. The molecule has 2 rings (SSSR count). The molecule has 106 valence electrons. The highest BCUT2D eigenvalue weighted by Gasteiger charge is 2.13. The first-order valence-corrected chi connectivity index (χ1v) is 6.50. The number of nitrogens with zero attached hydrogens (tertiary/aromatic N) is 2. The largest absolute Gasteiger partial charge is 0.436 e.